The summed E-state index contributed by atoms with van der Waals surface area (Å²) in [6.07, 6.45) is 2.42. The fourth-order valence-corrected chi connectivity index (χ4v) is 2.80. The molecule has 3 rings (SSSR count). The van der Waals surface area contributed by atoms with Gasteiger partial charge in [-0.25, -0.2) is 0 Å². The molecular formula is C20H20N2O4. The number of hydrogen-bond acceptors (Lipinski definition) is 4. The molecule has 0 saturated heterocycles. The molecule has 0 radical (unpaired) electrons. The number of anilines is 1. The van der Waals surface area contributed by atoms with Crippen LogP contribution in [0.25, 0.3) is 6.08 Å². The fourth-order valence-electron chi connectivity index (χ4n) is 2.80. The average molecular weight is 352 g/mol. The zero-order valence-electron chi connectivity index (χ0n) is 14.6. The van der Waals surface area contributed by atoms with Crippen LogP contribution in [0.4, 0.5) is 5.69 Å². The summed E-state index contributed by atoms with van der Waals surface area (Å²) in [4.78, 5) is 26.3. The number of nitrogens with zero attached hydrogens (tertiary/aromatic N) is 1. The quantitative estimate of drug-likeness (QED) is 0.857. The number of carbonyl (C=O) groups is 2. The lowest BCUT2D eigenvalue weighted by molar-refractivity contribution is -0.127. The Morgan fingerprint density at radius 3 is 2.69 bits per heavy atom. The van der Waals surface area contributed by atoms with Gasteiger partial charge in [0.2, 0.25) is 0 Å². The molecule has 0 aliphatic carbocycles. The number of para-hydroxylation sites is 3. The Hall–Kier alpha value is -3.28. The molecule has 0 unspecified atom stereocenters. The van der Waals surface area contributed by atoms with Gasteiger partial charge in [0.1, 0.15) is 11.5 Å². The van der Waals surface area contributed by atoms with Gasteiger partial charge in [-0.15, -0.1) is 0 Å². The molecule has 1 heterocycles. The molecule has 0 aromatic heterocycles. The van der Waals surface area contributed by atoms with Crippen LogP contribution in [0.15, 0.2) is 54.6 Å². The van der Waals surface area contributed by atoms with Gasteiger partial charge in [-0.1, -0.05) is 30.3 Å². The molecule has 1 aliphatic heterocycles. The third kappa shape index (κ3) is 3.54. The predicted octanol–water partition coefficient (Wildman–Crippen LogP) is 2.25. The van der Waals surface area contributed by atoms with Crippen molar-refractivity contribution in [2.75, 3.05) is 25.6 Å². The van der Waals surface area contributed by atoms with Crippen molar-refractivity contribution in [3.05, 3.63) is 60.2 Å². The first-order chi connectivity index (χ1) is 12.6. The van der Waals surface area contributed by atoms with E-state index in [1.807, 2.05) is 30.3 Å². The highest BCUT2D eigenvalue weighted by molar-refractivity contribution is 6.06. The molecule has 0 bridgehead atoms. The van der Waals surface area contributed by atoms with Crippen LogP contribution in [-0.2, 0) is 9.59 Å². The van der Waals surface area contributed by atoms with Crippen molar-refractivity contribution in [3.8, 4) is 11.5 Å². The van der Waals surface area contributed by atoms with E-state index in [2.05, 4.69) is 5.32 Å². The van der Waals surface area contributed by atoms with Gasteiger partial charge < -0.3 is 19.7 Å². The number of amides is 2. The third-order valence-electron chi connectivity index (χ3n) is 4.12. The van der Waals surface area contributed by atoms with Crippen LogP contribution in [0.2, 0.25) is 0 Å². The maximum absolute atomic E-state index is 12.8. The number of ether oxygens (including phenoxy) is 2. The van der Waals surface area contributed by atoms with E-state index in [0.29, 0.717) is 17.2 Å². The summed E-state index contributed by atoms with van der Waals surface area (Å²) < 4.78 is 11.0. The monoisotopic (exact) mass is 352 g/mol. The molecule has 134 valence electrons. The van der Waals surface area contributed by atoms with Gasteiger partial charge >= 0.3 is 0 Å². The van der Waals surface area contributed by atoms with Gasteiger partial charge in [0, 0.05) is 18.7 Å². The highest BCUT2D eigenvalue weighted by Crippen LogP contribution is 2.33. The number of carbonyl (C=O) groups excluding carboxylic acids is 2. The van der Waals surface area contributed by atoms with Crippen LogP contribution in [0, 0.1) is 0 Å². The van der Waals surface area contributed by atoms with Gasteiger partial charge in [0.25, 0.3) is 11.8 Å². The Morgan fingerprint density at radius 1 is 1.19 bits per heavy atom. The van der Waals surface area contributed by atoms with E-state index in [0.717, 1.165) is 5.56 Å². The summed E-state index contributed by atoms with van der Waals surface area (Å²) in [6, 6.07) is 14.6. The standard InChI is InChI=1S/C20H20N2O4/c1-21-20(24)18-13-22(15-8-4-6-10-17(15)26-18)19(23)12-11-14-7-3-5-9-16(14)25-2/h3-12,18H,13H2,1-2H3,(H,21,24)/b12-11+/t18-/m0/s1. The normalized spacial score (nSPS) is 15.9. The minimum Gasteiger partial charge on any atom is -0.496 e. The number of hydrogen-bond donors (Lipinski definition) is 1. The van der Waals surface area contributed by atoms with Crippen LogP contribution in [0.1, 0.15) is 5.56 Å². The number of likely N-dealkylation sites (N-methyl/N-ethyl adjacent to an activating group) is 1. The Bertz CT molecular complexity index is 847. The zero-order chi connectivity index (χ0) is 18.5. The SMILES string of the molecule is CNC(=O)[C@@H]1CN(C(=O)/C=C/c2ccccc2OC)c2ccccc2O1. The van der Waals surface area contributed by atoms with E-state index < -0.39 is 6.10 Å². The van der Waals surface area contributed by atoms with Crippen molar-refractivity contribution < 1.29 is 19.1 Å². The van der Waals surface area contributed by atoms with Gasteiger partial charge in [-0.3, -0.25) is 9.59 Å². The van der Waals surface area contributed by atoms with Crippen molar-refractivity contribution in [2.45, 2.75) is 6.10 Å². The number of benzene rings is 2. The highest BCUT2D eigenvalue weighted by Gasteiger charge is 2.32. The fraction of sp³-hybridized carbons (Fsp3) is 0.200. The van der Waals surface area contributed by atoms with Crippen LogP contribution in [-0.4, -0.2) is 38.6 Å². The van der Waals surface area contributed by atoms with Crippen molar-refractivity contribution in [1.29, 1.82) is 0 Å². The minimum atomic E-state index is -0.751. The van der Waals surface area contributed by atoms with Gasteiger partial charge in [-0.2, -0.15) is 0 Å². The lowest BCUT2D eigenvalue weighted by Gasteiger charge is -2.33. The first-order valence-corrected chi connectivity index (χ1v) is 8.24. The first kappa shape index (κ1) is 17.5. The van der Waals surface area contributed by atoms with E-state index >= 15 is 0 Å². The molecule has 1 aliphatic rings. The van der Waals surface area contributed by atoms with E-state index in [1.54, 1.807) is 43.3 Å². The summed E-state index contributed by atoms with van der Waals surface area (Å²) in [5, 5.41) is 2.56. The van der Waals surface area contributed by atoms with Crippen LogP contribution >= 0.6 is 0 Å². The van der Waals surface area contributed by atoms with E-state index in [1.165, 1.54) is 6.08 Å². The van der Waals surface area contributed by atoms with Gasteiger partial charge in [-0.05, 0) is 24.3 Å². The Morgan fingerprint density at radius 2 is 1.92 bits per heavy atom. The molecular weight excluding hydrogens is 332 g/mol. The zero-order valence-corrected chi connectivity index (χ0v) is 14.6. The lowest BCUT2D eigenvalue weighted by Crippen LogP contribution is -2.49. The second-order valence-corrected chi connectivity index (χ2v) is 5.71. The number of methoxy groups -OCH3 is 1. The molecule has 1 N–H and O–H groups in total. The minimum absolute atomic E-state index is 0.145. The summed E-state index contributed by atoms with van der Waals surface area (Å²) in [5.41, 5.74) is 1.44. The van der Waals surface area contributed by atoms with Gasteiger partial charge in [0.05, 0.1) is 19.3 Å². The summed E-state index contributed by atoms with van der Waals surface area (Å²) >= 11 is 0. The first-order valence-electron chi connectivity index (χ1n) is 8.24. The van der Waals surface area contributed by atoms with Crippen LogP contribution < -0.4 is 19.7 Å². The average Bonchev–Trinajstić information content (AvgIpc) is 2.70. The Kier molecular flexibility index (Phi) is 5.22. The predicted molar refractivity (Wildman–Crippen MR) is 99.3 cm³/mol. The molecule has 0 saturated carbocycles. The van der Waals surface area contributed by atoms with Crippen molar-refractivity contribution in [2.24, 2.45) is 0 Å². The maximum atomic E-state index is 12.8. The molecule has 6 heteroatoms. The van der Waals surface area contributed by atoms with Crippen molar-refractivity contribution >= 4 is 23.6 Å². The molecule has 2 aromatic rings. The molecule has 0 fully saturated rings. The van der Waals surface area contributed by atoms with E-state index in [4.69, 9.17) is 9.47 Å². The summed E-state index contributed by atoms with van der Waals surface area (Å²) in [5.74, 6) is 0.681. The Labute approximate surface area is 152 Å². The highest BCUT2D eigenvalue weighted by atomic mass is 16.5. The summed E-state index contributed by atoms with van der Waals surface area (Å²) in [7, 11) is 3.13. The molecule has 2 amide bonds. The maximum Gasteiger partial charge on any atom is 0.262 e. The van der Waals surface area contributed by atoms with E-state index in [-0.39, 0.29) is 18.4 Å². The topological polar surface area (TPSA) is 67.9 Å². The number of nitrogens with one attached hydrogen (secondary N) is 1. The molecule has 26 heavy (non-hydrogen) atoms. The van der Waals surface area contributed by atoms with Crippen LogP contribution in [0.5, 0.6) is 11.5 Å². The second kappa shape index (κ2) is 7.74. The van der Waals surface area contributed by atoms with Gasteiger partial charge in [0.15, 0.2) is 6.10 Å². The van der Waals surface area contributed by atoms with Crippen molar-refractivity contribution in [1.82, 2.24) is 5.32 Å². The third-order valence-corrected chi connectivity index (χ3v) is 4.12. The largest absolute Gasteiger partial charge is 0.496 e. The number of rotatable bonds is 4. The molecule has 0 spiro atoms. The van der Waals surface area contributed by atoms with Crippen molar-refractivity contribution in [3.63, 3.8) is 0 Å². The smallest absolute Gasteiger partial charge is 0.262 e. The number of fused-ring (bicyclic) bond motifs is 1. The molecule has 6 nitrogen and oxygen atoms in total. The molecule has 1 atom stereocenters. The lowest BCUT2D eigenvalue weighted by atomic mass is 10.1. The molecule has 2 aromatic carbocycles. The summed E-state index contributed by atoms with van der Waals surface area (Å²) in [6.45, 7) is 0.145. The second-order valence-electron chi connectivity index (χ2n) is 5.71. The Balaban J connectivity index is 1.87. The van der Waals surface area contributed by atoms with Crippen LogP contribution in [0.3, 0.4) is 0 Å². The van der Waals surface area contributed by atoms with E-state index in [9.17, 15) is 9.59 Å².